The average Bonchev–Trinajstić information content (AvgIpc) is 3.06. The summed E-state index contributed by atoms with van der Waals surface area (Å²) in [6.45, 7) is 0. The highest BCUT2D eigenvalue weighted by Gasteiger charge is 2.12. The molecular formula is C20H14N4O3. The minimum atomic E-state index is -1.01. The van der Waals surface area contributed by atoms with E-state index >= 15 is 0 Å². The first-order chi connectivity index (χ1) is 13.1. The Labute approximate surface area is 153 Å². The van der Waals surface area contributed by atoms with E-state index in [1.54, 1.807) is 0 Å². The number of aromatic carboxylic acids is 1. The van der Waals surface area contributed by atoms with Crippen molar-refractivity contribution >= 4 is 28.1 Å². The van der Waals surface area contributed by atoms with E-state index in [4.69, 9.17) is 5.11 Å². The number of H-pyrrole nitrogens is 2. The molecule has 1 aromatic heterocycles. The maximum Gasteiger partial charge on any atom is 0.335 e. The number of hydrogen-bond acceptors (Lipinski definition) is 4. The average molecular weight is 358 g/mol. The van der Waals surface area contributed by atoms with Gasteiger partial charge in [0, 0.05) is 5.56 Å². The third-order valence-electron chi connectivity index (χ3n) is 4.17. The fourth-order valence-electron chi connectivity index (χ4n) is 2.78. The topological polar surface area (TPSA) is 111 Å². The number of fused-ring (bicyclic) bond motifs is 1. The quantitative estimate of drug-likeness (QED) is 0.462. The van der Waals surface area contributed by atoms with Gasteiger partial charge in [0.1, 0.15) is 0 Å². The molecule has 0 aliphatic carbocycles. The zero-order valence-electron chi connectivity index (χ0n) is 14.0. The molecule has 1 heterocycles. The van der Waals surface area contributed by atoms with Crippen LogP contribution in [-0.4, -0.2) is 21.3 Å². The molecule has 27 heavy (non-hydrogen) atoms. The Hall–Kier alpha value is -4.00. The zero-order valence-corrected chi connectivity index (χ0v) is 14.0. The smallest absolute Gasteiger partial charge is 0.335 e. The van der Waals surface area contributed by atoms with Gasteiger partial charge in [-0.1, -0.05) is 36.4 Å². The van der Waals surface area contributed by atoms with E-state index in [9.17, 15) is 9.59 Å². The van der Waals surface area contributed by atoms with Crippen LogP contribution in [-0.2, 0) is 0 Å². The summed E-state index contributed by atoms with van der Waals surface area (Å²) < 4.78 is 0. The Morgan fingerprint density at radius 2 is 1.59 bits per heavy atom. The SMILES string of the molecule is O=C(O)c1ccc(N=Nc2c(-c3ccc4ccccc4c3)[nH][nH]c2=O)cc1. The molecular weight excluding hydrogens is 344 g/mol. The normalized spacial score (nSPS) is 11.3. The molecule has 0 aliphatic heterocycles. The second-order valence-electron chi connectivity index (χ2n) is 5.92. The van der Waals surface area contributed by atoms with Gasteiger partial charge in [-0.05, 0) is 41.1 Å². The van der Waals surface area contributed by atoms with Gasteiger partial charge in [-0.3, -0.25) is 15.0 Å². The third kappa shape index (κ3) is 3.25. The lowest BCUT2D eigenvalue weighted by Gasteiger charge is -2.02. The zero-order chi connectivity index (χ0) is 18.8. The number of benzene rings is 3. The number of carboxylic acid groups (broad SMARTS) is 1. The van der Waals surface area contributed by atoms with Crippen molar-refractivity contribution in [1.29, 1.82) is 0 Å². The predicted molar refractivity (Wildman–Crippen MR) is 102 cm³/mol. The first kappa shape index (κ1) is 16.5. The van der Waals surface area contributed by atoms with E-state index in [0.29, 0.717) is 11.4 Å². The fourth-order valence-corrected chi connectivity index (χ4v) is 2.78. The van der Waals surface area contributed by atoms with Gasteiger partial charge in [0.25, 0.3) is 5.56 Å². The standard InChI is InChI=1S/C20H14N4O3/c25-19-18(23-21-16-9-7-13(8-10-16)20(26)27)17(22-24-19)15-6-5-12-3-1-2-4-14(12)11-15/h1-11H,(H,26,27)(H2,22,24,25). The molecule has 7 nitrogen and oxygen atoms in total. The summed E-state index contributed by atoms with van der Waals surface area (Å²) in [7, 11) is 0. The number of aromatic nitrogens is 2. The van der Waals surface area contributed by atoms with Crippen LogP contribution in [0.25, 0.3) is 22.0 Å². The number of nitrogens with one attached hydrogen (secondary N) is 2. The van der Waals surface area contributed by atoms with Crippen molar-refractivity contribution in [2.24, 2.45) is 10.2 Å². The maximum absolute atomic E-state index is 12.1. The lowest BCUT2D eigenvalue weighted by Crippen LogP contribution is -1.96. The summed E-state index contributed by atoms with van der Waals surface area (Å²) in [5.74, 6) is -1.01. The molecule has 0 saturated heterocycles. The van der Waals surface area contributed by atoms with Crippen LogP contribution in [0.2, 0.25) is 0 Å². The summed E-state index contributed by atoms with van der Waals surface area (Å²) in [5.41, 5.74) is 1.73. The van der Waals surface area contributed by atoms with Crippen molar-refractivity contribution in [3.63, 3.8) is 0 Å². The molecule has 0 bridgehead atoms. The number of carboxylic acids is 1. The van der Waals surface area contributed by atoms with Crippen LogP contribution < -0.4 is 5.56 Å². The molecule has 3 aromatic carbocycles. The van der Waals surface area contributed by atoms with Gasteiger partial charge in [-0.15, -0.1) is 5.11 Å². The molecule has 0 spiro atoms. The Balaban J connectivity index is 1.70. The third-order valence-corrected chi connectivity index (χ3v) is 4.17. The van der Waals surface area contributed by atoms with E-state index in [-0.39, 0.29) is 16.8 Å². The van der Waals surface area contributed by atoms with Gasteiger partial charge in [0.2, 0.25) is 0 Å². The van der Waals surface area contributed by atoms with E-state index in [1.807, 2.05) is 42.5 Å². The molecule has 0 saturated carbocycles. The number of hydrogen-bond donors (Lipinski definition) is 3. The molecule has 4 aromatic rings. The van der Waals surface area contributed by atoms with Crippen molar-refractivity contribution in [3.05, 3.63) is 82.6 Å². The Morgan fingerprint density at radius 1 is 0.852 bits per heavy atom. The molecule has 0 radical (unpaired) electrons. The highest BCUT2D eigenvalue weighted by Crippen LogP contribution is 2.29. The molecule has 0 unspecified atom stereocenters. The van der Waals surface area contributed by atoms with Crippen LogP contribution in [0.5, 0.6) is 0 Å². The Morgan fingerprint density at radius 3 is 2.33 bits per heavy atom. The van der Waals surface area contributed by atoms with Crippen LogP contribution in [0.15, 0.2) is 81.8 Å². The molecule has 132 valence electrons. The van der Waals surface area contributed by atoms with Crippen LogP contribution in [0.3, 0.4) is 0 Å². The molecule has 0 amide bonds. The second kappa shape index (κ2) is 6.72. The van der Waals surface area contributed by atoms with Crippen LogP contribution in [0, 0.1) is 0 Å². The summed E-state index contributed by atoms with van der Waals surface area (Å²) in [6.07, 6.45) is 0. The van der Waals surface area contributed by atoms with Crippen molar-refractivity contribution in [2.75, 3.05) is 0 Å². The largest absolute Gasteiger partial charge is 0.478 e. The number of nitrogens with zero attached hydrogens (tertiary/aromatic N) is 2. The van der Waals surface area contributed by atoms with Crippen molar-refractivity contribution in [2.45, 2.75) is 0 Å². The first-order valence-corrected chi connectivity index (χ1v) is 8.17. The van der Waals surface area contributed by atoms with Crippen LogP contribution >= 0.6 is 0 Å². The maximum atomic E-state index is 12.1. The van der Waals surface area contributed by atoms with Crippen LogP contribution in [0.4, 0.5) is 11.4 Å². The number of azo groups is 1. The molecule has 0 aliphatic rings. The van der Waals surface area contributed by atoms with Crippen LogP contribution in [0.1, 0.15) is 10.4 Å². The second-order valence-corrected chi connectivity index (χ2v) is 5.92. The molecule has 7 heteroatoms. The van der Waals surface area contributed by atoms with Gasteiger partial charge >= 0.3 is 5.97 Å². The van der Waals surface area contributed by atoms with E-state index in [2.05, 4.69) is 20.4 Å². The predicted octanol–water partition coefficient (Wildman–Crippen LogP) is 4.64. The minimum Gasteiger partial charge on any atom is -0.478 e. The summed E-state index contributed by atoms with van der Waals surface area (Å²) in [4.78, 5) is 23.0. The molecule has 0 atom stereocenters. The van der Waals surface area contributed by atoms with E-state index in [0.717, 1.165) is 16.3 Å². The first-order valence-electron chi connectivity index (χ1n) is 8.17. The monoisotopic (exact) mass is 358 g/mol. The van der Waals surface area contributed by atoms with E-state index < -0.39 is 5.97 Å². The summed E-state index contributed by atoms with van der Waals surface area (Å²) in [6, 6.07) is 19.7. The van der Waals surface area contributed by atoms with Crippen molar-refractivity contribution in [1.82, 2.24) is 10.2 Å². The van der Waals surface area contributed by atoms with Gasteiger partial charge in [-0.2, -0.15) is 5.11 Å². The number of aromatic amines is 2. The minimum absolute atomic E-state index is 0.158. The fraction of sp³-hybridized carbons (Fsp3) is 0. The lowest BCUT2D eigenvalue weighted by molar-refractivity contribution is 0.0697. The molecule has 0 fully saturated rings. The van der Waals surface area contributed by atoms with Gasteiger partial charge in [0.15, 0.2) is 5.69 Å². The Kier molecular flexibility index (Phi) is 4.10. The highest BCUT2D eigenvalue weighted by molar-refractivity contribution is 5.88. The van der Waals surface area contributed by atoms with Gasteiger partial charge in [0.05, 0.1) is 16.9 Å². The van der Waals surface area contributed by atoms with Gasteiger partial charge < -0.3 is 5.11 Å². The van der Waals surface area contributed by atoms with Crippen molar-refractivity contribution < 1.29 is 9.90 Å². The summed E-state index contributed by atoms with van der Waals surface area (Å²) >= 11 is 0. The lowest BCUT2D eigenvalue weighted by atomic mass is 10.0. The highest BCUT2D eigenvalue weighted by atomic mass is 16.4. The summed E-state index contributed by atoms with van der Waals surface area (Å²) in [5, 5.41) is 24.6. The Bertz CT molecular complexity index is 1220. The number of rotatable bonds is 4. The molecule has 4 rings (SSSR count). The van der Waals surface area contributed by atoms with E-state index in [1.165, 1.54) is 24.3 Å². The molecule has 3 N–H and O–H groups in total. The van der Waals surface area contributed by atoms with Crippen molar-refractivity contribution in [3.8, 4) is 11.3 Å². The number of carbonyl (C=O) groups is 1. The van der Waals surface area contributed by atoms with Gasteiger partial charge in [-0.25, -0.2) is 4.79 Å².